The summed E-state index contributed by atoms with van der Waals surface area (Å²) >= 11 is 0. The normalized spacial score (nSPS) is 10.3. The third-order valence-electron chi connectivity index (χ3n) is 1.78. The molecule has 0 aliphatic rings. The van der Waals surface area contributed by atoms with Crippen LogP contribution >= 0.6 is 0 Å². The largest absolute Gasteiger partial charge is 0.493 e. The van der Waals surface area contributed by atoms with Gasteiger partial charge in [-0.25, -0.2) is 13.8 Å². The summed E-state index contributed by atoms with van der Waals surface area (Å²) in [6.45, 7) is 0. The molecule has 0 spiro atoms. The second-order valence-corrected chi connectivity index (χ2v) is 2.59. The van der Waals surface area contributed by atoms with Crippen molar-refractivity contribution in [2.75, 3.05) is 21.3 Å². The Morgan fingerprint density at radius 2 is 1.80 bits per heavy atom. The SMILES string of the molecule is COc1cc(OC)c(OC)c(C(F)F)n1. The van der Waals surface area contributed by atoms with E-state index < -0.39 is 12.1 Å². The van der Waals surface area contributed by atoms with Crippen molar-refractivity contribution in [3.8, 4) is 17.4 Å². The van der Waals surface area contributed by atoms with Crippen molar-refractivity contribution in [1.29, 1.82) is 0 Å². The summed E-state index contributed by atoms with van der Waals surface area (Å²) in [6.07, 6.45) is -2.75. The Bertz CT molecular complexity index is 344. The van der Waals surface area contributed by atoms with Crippen LogP contribution in [0.5, 0.6) is 17.4 Å². The Kier molecular flexibility index (Phi) is 3.65. The topological polar surface area (TPSA) is 40.6 Å². The monoisotopic (exact) mass is 219 g/mol. The Morgan fingerprint density at radius 3 is 2.20 bits per heavy atom. The molecule has 0 unspecified atom stereocenters. The van der Waals surface area contributed by atoms with E-state index in [9.17, 15) is 8.78 Å². The summed E-state index contributed by atoms with van der Waals surface area (Å²) in [7, 11) is 3.97. The minimum Gasteiger partial charge on any atom is -0.493 e. The molecule has 0 saturated carbocycles. The highest BCUT2D eigenvalue weighted by Gasteiger charge is 2.21. The van der Waals surface area contributed by atoms with Gasteiger partial charge in [0.2, 0.25) is 5.88 Å². The lowest BCUT2D eigenvalue weighted by molar-refractivity contribution is 0.139. The molecular weight excluding hydrogens is 208 g/mol. The van der Waals surface area contributed by atoms with Gasteiger partial charge in [-0.15, -0.1) is 0 Å². The average Bonchev–Trinajstić information content (AvgIpc) is 2.26. The van der Waals surface area contributed by atoms with E-state index in [2.05, 4.69) is 4.98 Å². The molecule has 1 rings (SSSR count). The number of hydrogen-bond donors (Lipinski definition) is 0. The number of alkyl halides is 2. The van der Waals surface area contributed by atoms with Gasteiger partial charge < -0.3 is 14.2 Å². The number of hydrogen-bond acceptors (Lipinski definition) is 4. The van der Waals surface area contributed by atoms with Crippen molar-refractivity contribution >= 4 is 0 Å². The molecule has 0 fully saturated rings. The van der Waals surface area contributed by atoms with Gasteiger partial charge in [-0.2, -0.15) is 0 Å². The van der Waals surface area contributed by atoms with Crippen LogP contribution in [0.25, 0.3) is 0 Å². The lowest BCUT2D eigenvalue weighted by Crippen LogP contribution is -2.01. The summed E-state index contributed by atoms with van der Waals surface area (Å²) in [4.78, 5) is 3.59. The van der Waals surface area contributed by atoms with Gasteiger partial charge in [0.15, 0.2) is 17.2 Å². The highest BCUT2D eigenvalue weighted by atomic mass is 19.3. The zero-order valence-corrected chi connectivity index (χ0v) is 8.58. The molecule has 0 aliphatic carbocycles. The first kappa shape index (κ1) is 11.5. The average molecular weight is 219 g/mol. The molecule has 0 atom stereocenters. The summed E-state index contributed by atoms with van der Waals surface area (Å²) in [5.41, 5.74) is -0.492. The van der Waals surface area contributed by atoms with Crippen molar-refractivity contribution in [3.63, 3.8) is 0 Å². The summed E-state index contributed by atoms with van der Waals surface area (Å²) < 4.78 is 39.7. The van der Waals surface area contributed by atoms with Crippen LogP contribution in [-0.2, 0) is 0 Å². The van der Waals surface area contributed by atoms with E-state index in [0.717, 1.165) is 0 Å². The van der Waals surface area contributed by atoms with Crippen LogP contribution in [-0.4, -0.2) is 26.3 Å². The molecule has 0 N–H and O–H groups in total. The summed E-state index contributed by atoms with van der Waals surface area (Å²) in [6, 6.07) is 1.38. The maximum Gasteiger partial charge on any atom is 0.284 e. The quantitative estimate of drug-likeness (QED) is 0.777. The van der Waals surface area contributed by atoms with Gasteiger partial charge in [0.25, 0.3) is 6.43 Å². The third kappa shape index (κ3) is 2.26. The van der Waals surface area contributed by atoms with E-state index in [0.29, 0.717) is 0 Å². The molecule has 15 heavy (non-hydrogen) atoms. The highest BCUT2D eigenvalue weighted by Crippen LogP contribution is 2.37. The van der Waals surface area contributed by atoms with E-state index in [1.54, 1.807) is 0 Å². The van der Waals surface area contributed by atoms with E-state index >= 15 is 0 Å². The van der Waals surface area contributed by atoms with E-state index in [4.69, 9.17) is 14.2 Å². The van der Waals surface area contributed by atoms with Crippen molar-refractivity contribution < 1.29 is 23.0 Å². The minimum atomic E-state index is -2.75. The molecule has 0 amide bonds. The molecule has 1 aromatic rings. The fraction of sp³-hybridized carbons (Fsp3) is 0.444. The van der Waals surface area contributed by atoms with Gasteiger partial charge >= 0.3 is 0 Å². The van der Waals surface area contributed by atoms with Crippen LogP contribution in [0, 0.1) is 0 Å². The van der Waals surface area contributed by atoms with Gasteiger partial charge in [0.1, 0.15) is 0 Å². The van der Waals surface area contributed by atoms with Crippen LogP contribution in [0.4, 0.5) is 8.78 Å². The number of methoxy groups -OCH3 is 3. The minimum absolute atomic E-state index is 0.0583. The maximum atomic E-state index is 12.6. The van der Waals surface area contributed by atoms with Crippen LogP contribution in [0.2, 0.25) is 0 Å². The van der Waals surface area contributed by atoms with Crippen LogP contribution in [0.1, 0.15) is 12.1 Å². The van der Waals surface area contributed by atoms with Gasteiger partial charge in [0, 0.05) is 6.07 Å². The van der Waals surface area contributed by atoms with E-state index in [1.165, 1.54) is 27.4 Å². The first-order chi connectivity index (χ1) is 7.13. The number of aromatic nitrogens is 1. The smallest absolute Gasteiger partial charge is 0.284 e. The second kappa shape index (κ2) is 4.77. The van der Waals surface area contributed by atoms with Crippen LogP contribution in [0.3, 0.4) is 0 Å². The molecule has 0 radical (unpaired) electrons. The van der Waals surface area contributed by atoms with Gasteiger partial charge in [-0.3, -0.25) is 0 Å². The molecule has 4 nitrogen and oxygen atoms in total. The Morgan fingerprint density at radius 1 is 1.13 bits per heavy atom. The first-order valence-corrected chi connectivity index (χ1v) is 4.09. The Balaban J connectivity index is 3.32. The van der Waals surface area contributed by atoms with Crippen molar-refractivity contribution in [2.45, 2.75) is 6.43 Å². The van der Waals surface area contributed by atoms with Crippen molar-refractivity contribution in [2.24, 2.45) is 0 Å². The predicted molar refractivity (Wildman–Crippen MR) is 48.9 cm³/mol. The highest BCUT2D eigenvalue weighted by molar-refractivity contribution is 5.46. The molecule has 1 aromatic heterocycles. The van der Waals surface area contributed by atoms with Crippen LogP contribution < -0.4 is 14.2 Å². The first-order valence-electron chi connectivity index (χ1n) is 4.09. The zero-order chi connectivity index (χ0) is 11.4. The molecule has 1 heterocycles. The lowest BCUT2D eigenvalue weighted by Gasteiger charge is -2.12. The third-order valence-corrected chi connectivity index (χ3v) is 1.78. The molecule has 0 bridgehead atoms. The fourth-order valence-corrected chi connectivity index (χ4v) is 1.11. The Hall–Kier alpha value is -1.59. The number of ether oxygens (including phenoxy) is 3. The zero-order valence-electron chi connectivity index (χ0n) is 8.58. The number of halogens is 2. The number of pyridine rings is 1. The summed E-state index contributed by atoms with van der Waals surface area (Å²) in [5, 5.41) is 0. The van der Waals surface area contributed by atoms with Gasteiger partial charge in [0.05, 0.1) is 21.3 Å². The van der Waals surface area contributed by atoms with E-state index in [-0.39, 0.29) is 17.4 Å². The molecule has 0 saturated heterocycles. The lowest BCUT2D eigenvalue weighted by atomic mass is 10.3. The van der Waals surface area contributed by atoms with Crippen molar-refractivity contribution in [1.82, 2.24) is 4.98 Å². The molecule has 84 valence electrons. The van der Waals surface area contributed by atoms with Crippen LogP contribution in [0.15, 0.2) is 6.07 Å². The number of nitrogens with zero attached hydrogens (tertiary/aromatic N) is 1. The fourth-order valence-electron chi connectivity index (χ4n) is 1.11. The molecule has 0 aliphatic heterocycles. The number of rotatable bonds is 4. The van der Waals surface area contributed by atoms with E-state index in [1.807, 2.05) is 0 Å². The van der Waals surface area contributed by atoms with Gasteiger partial charge in [-0.05, 0) is 0 Å². The molecule has 0 aromatic carbocycles. The molecule has 6 heteroatoms. The predicted octanol–water partition coefficient (Wildman–Crippen LogP) is 2.04. The summed E-state index contributed by atoms with van der Waals surface area (Å²) in [5.74, 6) is 0.149. The Labute approximate surface area is 85.8 Å². The van der Waals surface area contributed by atoms with Crippen molar-refractivity contribution in [3.05, 3.63) is 11.8 Å². The van der Waals surface area contributed by atoms with Gasteiger partial charge in [-0.1, -0.05) is 0 Å². The maximum absolute atomic E-state index is 12.6. The standard InChI is InChI=1S/C9H11F2NO3/c1-13-5-4-6(14-2)12-7(9(10)11)8(5)15-3/h4,9H,1-3H3. The molecular formula is C9H11F2NO3. The second-order valence-electron chi connectivity index (χ2n) is 2.59.